The third-order valence-electron chi connectivity index (χ3n) is 2.43. The standard InChI is InChI=1S/C11H13BrN2O2S/c12-7-1-4-9(13)10(5-7)17(16)6-11(15)14-8-2-3-8/h1,4-5,8H,2-3,6,13H2,(H,14,15). The molecule has 2 rings (SSSR count). The van der Waals surface area contributed by atoms with Crippen molar-refractivity contribution in [3.05, 3.63) is 22.7 Å². The highest BCUT2D eigenvalue weighted by Crippen LogP contribution is 2.22. The number of nitrogen functional groups attached to an aromatic ring is 1. The molecule has 1 aromatic carbocycles. The van der Waals surface area contributed by atoms with E-state index in [-0.39, 0.29) is 11.7 Å². The number of rotatable bonds is 4. The van der Waals surface area contributed by atoms with Crippen molar-refractivity contribution in [1.82, 2.24) is 5.32 Å². The molecule has 1 aromatic rings. The van der Waals surface area contributed by atoms with E-state index in [1.807, 2.05) is 0 Å². The number of nitrogens with one attached hydrogen (secondary N) is 1. The molecule has 1 atom stereocenters. The molecule has 6 heteroatoms. The molecule has 0 bridgehead atoms. The highest BCUT2D eigenvalue weighted by atomic mass is 79.9. The van der Waals surface area contributed by atoms with Crippen LogP contribution in [-0.4, -0.2) is 21.9 Å². The Labute approximate surface area is 111 Å². The summed E-state index contributed by atoms with van der Waals surface area (Å²) in [6.45, 7) is 0. The van der Waals surface area contributed by atoms with Crippen molar-refractivity contribution in [1.29, 1.82) is 0 Å². The van der Waals surface area contributed by atoms with Crippen LogP contribution >= 0.6 is 15.9 Å². The van der Waals surface area contributed by atoms with E-state index in [2.05, 4.69) is 21.2 Å². The predicted octanol–water partition coefficient (Wildman–Crippen LogP) is 1.42. The highest BCUT2D eigenvalue weighted by Gasteiger charge is 2.24. The van der Waals surface area contributed by atoms with Gasteiger partial charge in [-0.1, -0.05) is 15.9 Å². The Hall–Kier alpha value is -0.880. The minimum absolute atomic E-state index is 0.0306. The van der Waals surface area contributed by atoms with Gasteiger partial charge in [0.2, 0.25) is 5.91 Å². The Balaban J connectivity index is 2.02. The van der Waals surface area contributed by atoms with Crippen LogP contribution < -0.4 is 11.1 Å². The fraction of sp³-hybridized carbons (Fsp3) is 0.364. The molecule has 1 amide bonds. The Kier molecular flexibility index (Phi) is 3.83. The van der Waals surface area contributed by atoms with Gasteiger partial charge in [-0.15, -0.1) is 0 Å². The maximum Gasteiger partial charge on any atom is 0.233 e. The second-order valence-electron chi connectivity index (χ2n) is 4.01. The van der Waals surface area contributed by atoms with E-state index in [4.69, 9.17) is 5.73 Å². The van der Waals surface area contributed by atoms with E-state index in [9.17, 15) is 9.00 Å². The van der Waals surface area contributed by atoms with E-state index in [0.29, 0.717) is 16.6 Å². The molecule has 3 N–H and O–H groups in total. The van der Waals surface area contributed by atoms with Crippen molar-refractivity contribution in [3.8, 4) is 0 Å². The van der Waals surface area contributed by atoms with Gasteiger partial charge >= 0.3 is 0 Å². The maximum absolute atomic E-state index is 12.0. The van der Waals surface area contributed by atoms with Crippen molar-refractivity contribution in [3.63, 3.8) is 0 Å². The Bertz CT molecular complexity index is 475. The van der Waals surface area contributed by atoms with Crippen LogP contribution in [0.5, 0.6) is 0 Å². The normalized spacial score (nSPS) is 16.5. The molecule has 1 unspecified atom stereocenters. The lowest BCUT2D eigenvalue weighted by atomic mass is 10.3. The first kappa shape index (κ1) is 12.6. The minimum Gasteiger partial charge on any atom is -0.398 e. The third kappa shape index (κ3) is 3.54. The molecular formula is C11H13BrN2O2S. The van der Waals surface area contributed by atoms with Gasteiger partial charge in [0, 0.05) is 16.2 Å². The fourth-order valence-corrected chi connectivity index (χ4v) is 2.98. The summed E-state index contributed by atoms with van der Waals surface area (Å²) < 4.78 is 12.8. The molecule has 1 saturated carbocycles. The summed E-state index contributed by atoms with van der Waals surface area (Å²) in [6, 6.07) is 5.44. The lowest BCUT2D eigenvalue weighted by molar-refractivity contribution is -0.118. The van der Waals surface area contributed by atoms with Gasteiger partial charge in [-0.05, 0) is 31.0 Å². The van der Waals surface area contributed by atoms with Crippen LogP contribution in [-0.2, 0) is 15.6 Å². The Morgan fingerprint density at radius 3 is 2.88 bits per heavy atom. The SMILES string of the molecule is Nc1ccc(Br)cc1S(=O)CC(=O)NC1CC1. The Morgan fingerprint density at radius 1 is 1.53 bits per heavy atom. The number of anilines is 1. The number of carbonyl (C=O) groups is 1. The quantitative estimate of drug-likeness (QED) is 0.825. The molecular weight excluding hydrogens is 304 g/mol. The first-order chi connectivity index (χ1) is 8.06. The first-order valence-corrected chi connectivity index (χ1v) is 7.40. The summed E-state index contributed by atoms with van der Waals surface area (Å²) in [5, 5.41) is 2.80. The van der Waals surface area contributed by atoms with Crippen LogP contribution in [0.2, 0.25) is 0 Å². The average Bonchev–Trinajstić information content (AvgIpc) is 3.05. The molecule has 0 saturated heterocycles. The minimum atomic E-state index is -1.39. The van der Waals surface area contributed by atoms with Crippen molar-refractivity contribution in [2.75, 3.05) is 11.5 Å². The van der Waals surface area contributed by atoms with Crippen LogP contribution in [0.3, 0.4) is 0 Å². The van der Waals surface area contributed by atoms with Crippen LogP contribution in [0.25, 0.3) is 0 Å². The molecule has 1 fully saturated rings. The molecule has 0 radical (unpaired) electrons. The van der Waals surface area contributed by atoms with Gasteiger partial charge in [0.05, 0.1) is 15.7 Å². The van der Waals surface area contributed by atoms with Gasteiger partial charge in [0.1, 0.15) is 5.75 Å². The van der Waals surface area contributed by atoms with Gasteiger partial charge in [-0.2, -0.15) is 0 Å². The second kappa shape index (κ2) is 5.18. The van der Waals surface area contributed by atoms with Gasteiger partial charge < -0.3 is 11.1 Å². The van der Waals surface area contributed by atoms with Gasteiger partial charge in [0.25, 0.3) is 0 Å². The zero-order valence-electron chi connectivity index (χ0n) is 9.11. The molecule has 0 heterocycles. The first-order valence-electron chi connectivity index (χ1n) is 5.29. The highest BCUT2D eigenvalue weighted by molar-refractivity contribution is 9.10. The van der Waals surface area contributed by atoms with E-state index in [1.165, 1.54) is 0 Å². The number of amides is 1. The van der Waals surface area contributed by atoms with Crippen LogP contribution in [0.4, 0.5) is 5.69 Å². The topological polar surface area (TPSA) is 72.2 Å². The van der Waals surface area contributed by atoms with Crippen molar-refractivity contribution in [2.45, 2.75) is 23.8 Å². The smallest absolute Gasteiger partial charge is 0.233 e. The number of hydrogen-bond donors (Lipinski definition) is 2. The van der Waals surface area contributed by atoms with Crippen molar-refractivity contribution >= 4 is 38.3 Å². The maximum atomic E-state index is 12.0. The van der Waals surface area contributed by atoms with Crippen LogP contribution in [0.1, 0.15) is 12.8 Å². The molecule has 1 aliphatic carbocycles. The van der Waals surface area contributed by atoms with E-state index in [0.717, 1.165) is 17.3 Å². The molecule has 92 valence electrons. The summed E-state index contributed by atoms with van der Waals surface area (Å²) in [5.74, 6) is -0.206. The van der Waals surface area contributed by atoms with Gasteiger partial charge in [0.15, 0.2) is 0 Å². The van der Waals surface area contributed by atoms with E-state index >= 15 is 0 Å². The van der Waals surface area contributed by atoms with Crippen molar-refractivity contribution < 1.29 is 9.00 Å². The molecule has 0 aliphatic heterocycles. The summed E-state index contributed by atoms with van der Waals surface area (Å²) in [7, 11) is -1.39. The molecule has 1 aliphatic rings. The van der Waals surface area contributed by atoms with Crippen LogP contribution in [0, 0.1) is 0 Å². The lowest BCUT2D eigenvalue weighted by Crippen LogP contribution is -2.30. The monoisotopic (exact) mass is 316 g/mol. The molecule has 17 heavy (non-hydrogen) atoms. The molecule has 4 nitrogen and oxygen atoms in total. The van der Waals surface area contributed by atoms with E-state index < -0.39 is 10.8 Å². The average molecular weight is 317 g/mol. The zero-order chi connectivity index (χ0) is 12.4. The summed E-state index contributed by atoms with van der Waals surface area (Å²) in [6.07, 6.45) is 2.05. The van der Waals surface area contributed by atoms with Crippen molar-refractivity contribution in [2.24, 2.45) is 0 Å². The molecule has 0 aromatic heterocycles. The number of halogens is 1. The summed E-state index contributed by atoms with van der Waals surface area (Å²) in [5.41, 5.74) is 6.18. The second-order valence-corrected chi connectivity index (χ2v) is 6.35. The van der Waals surface area contributed by atoms with E-state index in [1.54, 1.807) is 18.2 Å². The number of benzene rings is 1. The number of carbonyl (C=O) groups excluding carboxylic acids is 1. The third-order valence-corrected chi connectivity index (χ3v) is 4.29. The fourth-order valence-electron chi connectivity index (χ4n) is 1.40. The lowest BCUT2D eigenvalue weighted by Gasteiger charge is -2.06. The predicted molar refractivity (Wildman–Crippen MR) is 71.0 cm³/mol. The van der Waals surface area contributed by atoms with Crippen LogP contribution in [0.15, 0.2) is 27.6 Å². The van der Waals surface area contributed by atoms with Gasteiger partial charge in [-0.3, -0.25) is 9.00 Å². The summed E-state index contributed by atoms with van der Waals surface area (Å²) >= 11 is 3.29. The van der Waals surface area contributed by atoms with Gasteiger partial charge in [-0.25, -0.2) is 0 Å². The number of hydrogen-bond acceptors (Lipinski definition) is 3. The zero-order valence-corrected chi connectivity index (χ0v) is 11.5. The Morgan fingerprint density at radius 2 is 2.24 bits per heavy atom. The molecule has 0 spiro atoms. The largest absolute Gasteiger partial charge is 0.398 e. The summed E-state index contributed by atoms with van der Waals surface area (Å²) in [4.78, 5) is 12.0. The number of nitrogens with two attached hydrogens (primary N) is 1.